The van der Waals surface area contributed by atoms with Crippen molar-refractivity contribution in [3.63, 3.8) is 0 Å². The highest BCUT2D eigenvalue weighted by molar-refractivity contribution is 7.72. The Hall–Kier alpha value is -3.66. The highest BCUT2D eigenvalue weighted by Gasteiger charge is 2.32. The maximum Gasteiger partial charge on any atom is 0.318 e. The molecular weight excluding hydrogens is 430 g/mol. The topological polar surface area (TPSA) is 124 Å². The second-order valence-corrected chi connectivity index (χ2v) is 8.49. The number of carbonyl (C=O) groups excluding carboxylic acids is 2. The van der Waals surface area contributed by atoms with Gasteiger partial charge in [0.25, 0.3) is 0 Å². The van der Waals surface area contributed by atoms with E-state index < -0.39 is 16.7 Å². The number of para-hydroxylation sites is 1. The summed E-state index contributed by atoms with van der Waals surface area (Å²) in [6.45, 7) is 0.399. The van der Waals surface area contributed by atoms with Crippen LogP contribution in [0.25, 0.3) is 11.3 Å². The van der Waals surface area contributed by atoms with Crippen LogP contribution >= 0.6 is 0 Å². The standard InChI is InChI=1S/C22H23N5O4S/c28-18-14-27(22(29)24-9-4-12-32(30)31)13-17-19(18)21(25-16-5-2-1-3-6-16)20(26-17)15-7-10-23-11-8-15/h1-3,5-8,10-11,25-26,32H,4,9,12-14H2,(H,24,29). The molecule has 0 unspecified atom stereocenters. The fraction of sp³-hybridized carbons (Fsp3) is 0.227. The van der Waals surface area contributed by atoms with Gasteiger partial charge in [0.05, 0.1) is 30.0 Å². The summed E-state index contributed by atoms with van der Waals surface area (Å²) >= 11 is 0. The number of benzene rings is 1. The number of amides is 2. The molecule has 0 spiro atoms. The van der Waals surface area contributed by atoms with Crippen LogP contribution in [-0.2, 0) is 17.2 Å². The van der Waals surface area contributed by atoms with E-state index in [1.807, 2.05) is 42.5 Å². The van der Waals surface area contributed by atoms with E-state index in [-0.39, 0.29) is 31.2 Å². The van der Waals surface area contributed by atoms with Gasteiger partial charge in [0.15, 0.2) is 5.78 Å². The first-order valence-corrected chi connectivity index (χ1v) is 11.5. The van der Waals surface area contributed by atoms with Crippen molar-refractivity contribution in [1.82, 2.24) is 20.2 Å². The Kier molecular flexibility index (Phi) is 6.50. The summed E-state index contributed by atoms with van der Waals surface area (Å²) < 4.78 is 21.3. The molecule has 0 saturated carbocycles. The number of hydrogen-bond donors (Lipinski definition) is 4. The summed E-state index contributed by atoms with van der Waals surface area (Å²) in [6, 6.07) is 12.9. The quantitative estimate of drug-likeness (QED) is 0.322. The highest BCUT2D eigenvalue weighted by Crippen LogP contribution is 2.37. The number of aromatic amines is 1. The van der Waals surface area contributed by atoms with Crippen LogP contribution in [0.1, 0.15) is 22.5 Å². The number of H-pyrrole nitrogens is 1. The lowest BCUT2D eigenvalue weighted by Gasteiger charge is -2.26. The molecule has 3 N–H and O–H groups in total. The molecule has 0 aliphatic carbocycles. The summed E-state index contributed by atoms with van der Waals surface area (Å²) in [7, 11) is -2.47. The fourth-order valence-electron chi connectivity index (χ4n) is 3.66. The van der Waals surface area contributed by atoms with Gasteiger partial charge in [0.1, 0.15) is 10.7 Å². The molecule has 0 saturated heterocycles. The Morgan fingerprint density at radius 3 is 2.56 bits per heavy atom. The van der Waals surface area contributed by atoms with Gasteiger partial charge in [-0.1, -0.05) is 18.2 Å². The van der Waals surface area contributed by atoms with E-state index in [1.54, 1.807) is 12.4 Å². The van der Waals surface area contributed by atoms with Gasteiger partial charge >= 0.3 is 6.03 Å². The molecule has 3 aromatic rings. The minimum Gasteiger partial charge on any atom is -0.355 e. The van der Waals surface area contributed by atoms with Crippen LogP contribution in [-0.4, -0.2) is 53.9 Å². The molecule has 2 aromatic heterocycles. The molecule has 1 aliphatic rings. The smallest absolute Gasteiger partial charge is 0.318 e. The van der Waals surface area contributed by atoms with Crippen molar-refractivity contribution in [2.75, 3.05) is 24.2 Å². The maximum absolute atomic E-state index is 13.1. The van der Waals surface area contributed by atoms with Crippen molar-refractivity contribution in [3.05, 3.63) is 66.1 Å². The van der Waals surface area contributed by atoms with E-state index in [0.29, 0.717) is 23.4 Å². The molecule has 0 atom stereocenters. The number of anilines is 2. The summed E-state index contributed by atoms with van der Waals surface area (Å²) in [5.74, 6) is -0.168. The number of urea groups is 1. The molecule has 0 fully saturated rings. The zero-order valence-electron chi connectivity index (χ0n) is 17.2. The van der Waals surface area contributed by atoms with Gasteiger partial charge < -0.3 is 20.5 Å². The molecule has 0 radical (unpaired) electrons. The van der Waals surface area contributed by atoms with Crippen LogP contribution in [0.5, 0.6) is 0 Å². The van der Waals surface area contributed by atoms with Gasteiger partial charge in [-0.3, -0.25) is 9.78 Å². The van der Waals surface area contributed by atoms with E-state index >= 15 is 0 Å². The first kappa shape index (κ1) is 21.6. The molecule has 166 valence electrons. The predicted molar refractivity (Wildman–Crippen MR) is 122 cm³/mol. The number of thiol groups is 1. The van der Waals surface area contributed by atoms with Crippen molar-refractivity contribution in [2.45, 2.75) is 13.0 Å². The van der Waals surface area contributed by atoms with Crippen LogP contribution < -0.4 is 10.6 Å². The summed E-state index contributed by atoms with van der Waals surface area (Å²) in [4.78, 5) is 34.4. The lowest BCUT2D eigenvalue weighted by atomic mass is 10.0. The molecule has 32 heavy (non-hydrogen) atoms. The number of aromatic nitrogens is 2. The van der Waals surface area contributed by atoms with Crippen molar-refractivity contribution >= 4 is 33.9 Å². The number of ketones is 1. The van der Waals surface area contributed by atoms with Gasteiger partial charge in [0.2, 0.25) is 0 Å². The predicted octanol–water partition coefficient (Wildman–Crippen LogP) is 2.53. The summed E-state index contributed by atoms with van der Waals surface area (Å²) in [5.41, 5.74) is 4.30. The third kappa shape index (κ3) is 4.80. The molecule has 10 heteroatoms. The van der Waals surface area contributed by atoms with Crippen LogP contribution in [0.3, 0.4) is 0 Å². The second kappa shape index (κ2) is 9.65. The lowest BCUT2D eigenvalue weighted by Crippen LogP contribution is -2.45. The number of pyridine rings is 1. The number of fused-ring (bicyclic) bond motifs is 1. The Labute approximate surface area is 186 Å². The lowest BCUT2D eigenvalue weighted by molar-refractivity contribution is 0.0919. The van der Waals surface area contributed by atoms with Crippen LogP contribution in [0.15, 0.2) is 54.9 Å². The van der Waals surface area contributed by atoms with E-state index in [4.69, 9.17) is 0 Å². The number of hydrogen-bond acceptors (Lipinski definition) is 6. The van der Waals surface area contributed by atoms with Crippen molar-refractivity contribution in [1.29, 1.82) is 0 Å². The Balaban J connectivity index is 1.61. The fourth-order valence-corrected chi connectivity index (χ4v) is 4.08. The highest BCUT2D eigenvalue weighted by atomic mass is 32.2. The normalized spacial score (nSPS) is 13.2. The number of Topliss-reactive ketones (excluding diaryl/α,β-unsaturated/α-hetero) is 1. The third-order valence-corrected chi connectivity index (χ3v) is 5.81. The van der Waals surface area contributed by atoms with Gasteiger partial charge in [-0.05, 0) is 30.7 Å². The van der Waals surface area contributed by atoms with Crippen LogP contribution in [0, 0.1) is 0 Å². The average molecular weight is 454 g/mol. The number of rotatable bonds is 7. The molecular formula is C22H23N5O4S. The molecule has 1 aliphatic heterocycles. The zero-order chi connectivity index (χ0) is 22.5. The molecule has 9 nitrogen and oxygen atoms in total. The number of nitrogens with one attached hydrogen (secondary N) is 3. The first-order valence-electron chi connectivity index (χ1n) is 10.2. The number of carbonyl (C=O) groups is 2. The van der Waals surface area contributed by atoms with Crippen LogP contribution in [0.2, 0.25) is 0 Å². The van der Waals surface area contributed by atoms with E-state index in [0.717, 1.165) is 16.9 Å². The van der Waals surface area contributed by atoms with E-state index in [1.165, 1.54) is 4.90 Å². The van der Waals surface area contributed by atoms with Crippen molar-refractivity contribution < 1.29 is 18.0 Å². The Bertz CT molecular complexity index is 1180. The monoisotopic (exact) mass is 453 g/mol. The summed E-state index contributed by atoms with van der Waals surface area (Å²) in [5, 5.41) is 6.04. The molecule has 2 amide bonds. The number of nitrogens with zero attached hydrogens (tertiary/aromatic N) is 2. The minimum atomic E-state index is -2.47. The van der Waals surface area contributed by atoms with Gasteiger partial charge in [-0.25, -0.2) is 13.2 Å². The van der Waals surface area contributed by atoms with Crippen molar-refractivity contribution in [2.24, 2.45) is 0 Å². The SMILES string of the molecule is O=C1CN(C(=O)NCCC[SH](=O)=O)Cc2[nH]c(-c3ccncc3)c(Nc3ccccc3)c21. The van der Waals surface area contributed by atoms with Gasteiger partial charge in [-0.15, -0.1) is 0 Å². The maximum atomic E-state index is 13.1. The van der Waals surface area contributed by atoms with Gasteiger partial charge in [-0.2, -0.15) is 0 Å². The summed E-state index contributed by atoms with van der Waals surface area (Å²) in [6.07, 6.45) is 3.69. The molecule has 3 heterocycles. The van der Waals surface area contributed by atoms with Crippen molar-refractivity contribution in [3.8, 4) is 11.3 Å². The Morgan fingerprint density at radius 2 is 1.84 bits per heavy atom. The van der Waals surface area contributed by atoms with E-state index in [9.17, 15) is 18.0 Å². The Morgan fingerprint density at radius 1 is 1.09 bits per heavy atom. The second-order valence-electron chi connectivity index (χ2n) is 7.38. The van der Waals surface area contributed by atoms with Crippen LogP contribution in [0.4, 0.5) is 16.2 Å². The zero-order valence-corrected chi connectivity index (χ0v) is 18.1. The molecule has 1 aromatic carbocycles. The largest absolute Gasteiger partial charge is 0.355 e. The first-order chi connectivity index (χ1) is 15.5. The minimum absolute atomic E-state index is 0.0130. The van der Waals surface area contributed by atoms with Gasteiger partial charge in [0, 0.05) is 41.6 Å². The van der Waals surface area contributed by atoms with E-state index in [2.05, 4.69) is 20.6 Å². The molecule has 0 bridgehead atoms. The average Bonchev–Trinajstić information content (AvgIpc) is 3.16. The third-order valence-electron chi connectivity index (χ3n) is 5.13. The molecule has 4 rings (SSSR count).